The van der Waals surface area contributed by atoms with Gasteiger partial charge in [-0.3, -0.25) is 4.90 Å². The predicted octanol–water partition coefficient (Wildman–Crippen LogP) is 1.49. The quantitative estimate of drug-likeness (QED) is 0.695. The molecule has 1 aliphatic rings. The zero-order valence-electron chi connectivity index (χ0n) is 10.5. The van der Waals surface area contributed by atoms with Crippen molar-refractivity contribution < 1.29 is 4.74 Å². The SMILES string of the molecule is CCCC(C)NCCN1CCC(OC)C1. The van der Waals surface area contributed by atoms with E-state index in [4.69, 9.17) is 4.74 Å². The van der Waals surface area contributed by atoms with Gasteiger partial charge in [0.15, 0.2) is 0 Å². The summed E-state index contributed by atoms with van der Waals surface area (Å²) in [6.45, 7) is 9.08. The third-order valence-electron chi connectivity index (χ3n) is 3.20. The number of methoxy groups -OCH3 is 1. The van der Waals surface area contributed by atoms with E-state index in [1.807, 2.05) is 7.11 Å². The van der Waals surface area contributed by atoms with Crippen LogP contribution >= 0.6 is 0 Å². The van der Waals surface area contributed by atoms with Gasteiger partial charge in [0.2, 0.25) is 0 Å². The summed E-state index contributed by atoms with van der Waals surface area (Å²) >= 11 is 0. The molecule has 0 aliphatic carbocycles. The summed E-state index contributed by atoms with van der Waals surface area (Å²) in [5.74, 6) is 0. The molecule has 1 aliphatic heterocycles. The maximum absolute atomic E-state index is 5.35. The van der Waals surface area contributed by atoms with E-state index in [9.17, 15) is 0 Å². The fourth-order valence-electron chi connectivity index (χ4n) is 2.20. The second-order valence-electron chi connectivity index (χ2n) is 4.59. The van der Waals surface area contributed by atoms with Crippen LogP contribution in [0.1, 0.15) is 33.1 Å². The zero-order valence-corrected chi connectivity index (χ0v) is 10.5. The average molecular weight is 214 g/mol. The summed E-state index contributed by atoms with van der Waals surface area (Å²) in [5.41, 5.74) is 0. The van der Waals surface area contributed by atoms with E-state index >= 15 is 0 Å². The molecule has 90 valence electrons. The standard InChI is InChI=1S/C12H26N2O/c1-4-5-11(2)13-7-9-14-8-6-12(10-14)15-3/h11-13H,4-10H2,1-3H3. The van der Waals surface area contributed by atoms with Crippen LogP contribution in [0.4, 0.5) is 0 Å². The Bertz CT molecular complexity index is 164. The first kappa shape index (κ1) is 12.9. The van der Waals surface area contributed by atoms with Gasteiger partial charge in [0.05, 0.1) is 6.10 Å². The zero-order chi connectivity index (χ0) is 11.1. The van der Waals surface area contributed by atoms with Crippen molar-refractivity contribution in [2.24, 2.45) is 0 Å². The first-order valence-corrected chi connectivity index (χ1v) is 6.24. The van der Waals surface area contributed by atoms with Gasteiger partial charge in [-0.1, -0.05) is 13.3 Å². The molecule has 2 atom stereocenters. The molecular formula is C12H26N2O. The minimum absolute atomic E-state index is 0.470. The van der Waals surface area contributed by atoms with Gasteiger partial charge in [-0.25, -0.2) is 0 Å². The van der Waals surface area contributed by atoms with E-state index in [2.05, 4.69) is 24.1 Å². The summed E-state index contributed by atoms with van der Waals surface area (Å²) in [6.07, 6.45) is 4.21. The molecule has 0 aromatic heterocycles. The summed E-state index contributed by atoms with van der Waals surface area (Å²) in [5, 5.41) is 3.56. The Morgan fingerprint density at radius 2 is 2.33 bits per heavy atom. The highest BCUT2D eigenvalue weighted by atomic mass is 16.5. The number of hydrogen-bond acceptors (Lipinski definition) is 3. The first-order valence-electron chi connectivity index (χ1n) is 6.24. The number of hydrogen-bond donors (Lipinski definition) is 1. The molecule has 0 saturated carbocycles. The lowest BCUT2D eigenvalue weighted by Crippen LogP contribution is -2.35. The number of nitrogens with one attached hydrogen (secondary N) is 1. The third kappa shape index (κ3) is 4.96. The van der Waals surface area contributed by atoms with Crippen molar-refractivity contribution in [1.82, 2.24) is 10.2 Å². The largest absolute Gasteiger partial charge is 0.380 e. The minimum Gasteiger partial charge on any atom is -0.380 e. The second kappa shape index (κ2) is 7.20. The van der Waals surface area contributed by atoms with Gasteiger partial charge in [-0.15, -0.1) is 0 Å². The first-order chi connectivity index (χ1) is 7.26. The van der Waals surface area contributed by atoms with Gasteiger partial charge >= 0.3 is 0 Å². The Morgan fingerprint density at radius 3 is 2.93 bits per heavy atom. The van der Waals surface area contributed by atoms with Crippen LogP contribution < -0.4 is 5.32 Å². The van der Waals surface area contributed by atoms with Crippen LogP contribution in [0.15, 0.2) is 0 Å². The number of rotatable bonds is 7. The fourth-order valence-corrected chi connectivity index (χ4v) is 2.20. The summed E-state index contributed by atoms with van der Waals surface area (Å²) in [6, 6.07) is 0.663. The van der Waals surface area contributed by atoms with Crippen LogP contribution in [0, 0.1) is 0 Å². The van der Waals surface area contributed by atoms with Crippen molar-refractivity contribution in [2.75, 3.05) is 33.3 Å². The van der Waals surface area contributed by atoms with Crippen LogP contribution in [0.5, 0.6) is 0 Å². The van der Waals surface area contributed by atoms with Crippen LogP contribution in [-0.4, -0.2) is 50.3 Å². The van der Waals surface area contributed by atoms with Gasteiger partial charge in [0.25, 0.3) is 0 Å². The van der Waals surface area contributed by atoms with Crippen LogP contribution in [0.2, 0.25) is 0 Å². The molecule has 3 nitrogen and oxygen atoms in total. The predicted molar refractivity (Wildman–Crippen MR) is 64.2 cm³/mol. The molecule has 0 spiro atoms. The van der Waals surface area contributed by atoms with Gasteiger partial charge in [0, 0.05) is 39.3 Å². The molecule has 0 aromatic carbocycles. The van der Waals surface area contributed by atoms with Crippen LogP contribution in [-0.2, 0) is 4.74 Å². The highest BCUT2D eigenvalue weighted by molar-refractivity contribution is 4.76. The highest BCUT2D eigenvalue weighted by Gasteiger charge is 2.21. The van der Waals surface area contributed by atoms with Crippen LogP contribution in [0.3, 0.4) is 0 Å². The molecule has 0 radical (unpaired) electrons. The fraction of sp³-hybridized carbons (Fsp3) is 1.00. The maximum Gasteiger partial charge on any atom is 0.0710 e. The van der Waals surface area contributed by atoms with Gasteiger partial charge < -0.3 is 10.1 Å². The molecule has 1 rings (SSSR count). The molecule has 2 unspecified atom stereocenters. The number of nitrogens with zero attached hydrogens (tertiary/aromatic N) is 1. The Labute approximate surface area is 94.2 Å². The Balaban J connectivity index is 2.01. The smallest absolute Gasteiger partial charge is 0.0710 e. The van der Waals surface area contributed by atoms with E-state index in [1.54, 1.807) is 0 Å². The molecule has 3 heteroatoms. The molecule has 0 amide bonds. The summed E-state index contributed by atoms with van der Waals surface area (Å²) < 4.78 is 5.35. The number of ether oxygens (including phenoxy) is 1. The normalized spacial score (nSPS) is 24.6. The Kier molecular flexibility index (Phi) is 6.22. The lowest BCUT2D eigenvalue weighted by molar-refractivity contribution is 0.108. The average Bonchev–Trinajstić information content (AvgIpc) is 2.66. The van der Waals surface area contributed by atoms with Gasteiger partial charge in [-0.2, -0.15) is 0 Å². The topological polar surface area (TPSA) is 24.5 Å². The lowest BCUT2D eigenvalue weighted by atomic mass is 10.2. The van der Waals surface area contributed by atoms with Crippen LogP contribution in [0.25, 0.3) is 0 Å². The second-order valence-corrected chi connectivity index (χ2v) is 4.59. The van der Waals surface area contributed by atoms with E-state index < -0.39 is 0 Å². The van der Waals surface area contributed by atoms with E-state index in [-0.39, 0.29) is 0 Å². The minimum atomic E-state index is 0.470. The molecular weight excluding hydrogens is 188 g/mol. The maximum atomic E-state index is 5.35. The molecule has 1 N–H and O–H groups in total. The molecule has 1 heterocycles. The summed E-state index contributed by atoms with van der Waals surface area (Å²) in [4.78, 5) is 2.49. The molecule has 1 saturated heterocycles. The van der Waals surface area contributed by atoms with Crippen molar-refractivity contribution in [3.63, 3.8) is 0 Å². The van der Waals surface area contributed by atoms with Crippen molar-refractivity contribution in [3.8, 4) is 0 Å². The van der Waals surface area contributed by atoms with Gasteiger partial charge in [-0.05, 0) is 19.8 Å². The monoisotopic (exact) mass is 214 g/mol. The van der Waals surface area contributed by atoms with E-state index in [1.165, 1.54) is 25.8 Å². The Hall–Kier alpha value is -0.120. The molecule has 0 aromatic rings. The molecule has 1 fully saturated rings. The van der Waals surface area contributed by atoms with E-state index in [0.29, 0.717) is 12.1 Å². The number of likely N-dealkylation sites (tertiary alicyclic amines) is 1. The summed E-state index contributed by atoms with van der Waals surface area (Å²) in [7, 11) is 1.82. The lowest BCUT2D eigenvalue weighted by Gasteiger charge is -2.18. The third-order valence-corrected chi connectivity index (χ3v) is 3.20. The molecule has 0 bridgehead atoms. The van der Waals surface area contributed by atoms with Crippen molar-refractivity contribution in [1.29, 1.82) is 0 Å². The Morgan fingerprint density at radius 1 is 1.53 bits per heavy atom. The van der Waals surface area contributed by atoms with Crippen molar-refractivity contribution >= 4 is 0 Å². The van der Waals surface area contributed by atoms with Crippen molar-refractivity contribution in [3.05, 3.63) is 0 Å². The van der Waals surface area contributed by atoms with E-state index in [0.717, 1.165) is 19.6 Å². The van der Waals surface area contributed by atoms with Gasteiger partial charge in [0.1, 0.15) is 0 Å². The molecule has 15 heavy (non-hydrogen) atoms. The van der Waals surface area contributed by atoms with Crippen molar-refractivity contribution in [2.45, 2.75) is 45.3 Å². The highest BCUT2D eigenvalue weighted by Crippen LogP contribution is 2.10.